The standard InChI is InChI=1S/C12H13N3O3/c1-8(11(16)17)15(2)12(18)14-10-5-3-9(7-13)4-6-10/h3-6,8H,1-2H3,(H,14,18)(H,16,17). The van der Waals surface area contributed by atoms with Gasteiger partial charge in [-0.2, -0.15) is 5.26 Å². The number of nitrogens with one attached hydrogen (secondary N) is 1. The lowest BCUT2D eigenvalue weighted by Gasteiger charge is -2.21. The Hall–Kier alpha value is -2.55. The lowest BCUT2D eigenvalue weighted by Crippen LogP contribution is -2.42. The monoisotopic (exact) mass is 247 g/mol. The van der Waals surface area contributed by atoms with Gasteiger partial charge >= 0.3 is 12.0 Å². The topological polar surface area (TPSA) is 93.4 Å². The first kappa shape index (κ1) is 13.5. The molecule has 0 radical (unpaired) electrons. The van der Waals surface area contributed by atoms with Crippen LogP contribution in [-0.4, -0.2) is 35.1 Å². The van der Waals surface area contributed by atoms with Gasteiger partial charge in [-0.25, -0.2) is 9.59 Å². The number of amides is 2. The maximum atomic E-state index is 11.7. The summed E-state index contributed by atoms with van der Waals surface area (Å²) in [6, 6.07) is 6.82. The fourth-order valence-corrected chi connectivity index (χ4v) is 1.18. The van der Waals surface area contributed by atoms with Gasteiger partial charge in [0, 0.05) is 12.7 Å². The predicted octanol–water partition coefficient (Wildman–Crippen LogP) is 1.50. The molecule has 1 aromatic rings. The van der Waals surface area contributed by atoms with E-state index in [4.69, 9.17) is 10.4 Å². The molecule has 0 heterocycles. The number of carboxylic acid groups (broad SMARTS) is 1. The summed E-state index contributed by atoms with van der Waals surface area (Å²) in [6.45, 7) is 1.42. The lowest BCUT2D eigenvalue weighted by molar-refractivity contribution is -0.141. The number of carboxylic acids is 1. The van der Waals surface area contributed by atoms with E-state index in [9.17, 15) is 9.59 Å². The Morgan fingerprint density at radius 3 is 2.39 bits per heavy atom. The summed E-state index contributed by atoms with van der Waals surface area (Å²) < 4.78 is 0. The minimum atomic E-state index is -1.08. The summed E-state index contributed by atoms with van der Waals surface area (Å²) in [6.07, 6.45) is 0. The lowest BCUT2D eigenvalue weighted by atomic mass is 10.2. The highest BCUT2D eigenvalue weighted by Crippen LogP contribution is 2.10. The van der Waals surface area contributed by atoms with E-state index < -0.39 is 18.0 Å². The van der Waals surface area contributed by atoms with E-state index in [2.05, 4.69) is 5.32 Å². The van der Waals surface area contributed by atoms with Crippen molar-refractivity contribution < 1.29 is 14.7 Å². The minimum absolute atomic E-state index is 0.486. The van der Waals surface area contributed by atoms with Gasteiger partial charge in [-0.15, -0.1) is 0 Å². The van der Waals surface area contributed by atoms with Crippen molar-refractivity contribution in [1.29, 1.82) is 5.26 Å². The van der Waals surface area contributed by atoms with Gasteiger partial charge in [-0.3, -0.25) is 0 Å². The van der Waals surface area contributed by atoms with Gasteiger partial charge in [0.15, 0.2) is 0 Å². The predicted molar refractivity (Wildman–Crippen MR) is 65.0 cm³/mol. The summed E-state index contributed by atoms with van der Waals surface area (Å²) in [4.78, 5) is 23.5. The smallest absolute Gasteiger partial charge is 0.326 e. The molecule has 0 bridgehead atoms. The number of anilines is 1. The van der Waals surface area contributed by atoms with Crippen LogP contribution in [0.1, 0.15) is 12.5 Å². The molecule has 0 fully saturated rings. The van der Waals surface area contributed by atoms with Gasteiger partial charge in [-0.05, 0) is 31.2 Å². The van der Waals surface area contributed by atoms with Crippen molar-refractivity contribution >= 4 is 17.7 Å². The fourth-order valence-electron chi connectivity index (χ4n) is 1.18. The molecule has 0 spiro atoms. The maximum Gasteiger partial charge on any atom is 0.326 e. The third-order valence-corrected chi connectivity index (χ3v) is 2.52. The Labute approximate surface area is 104 Å². The van der Waals surface area contributed by atoms with Crippen LogP contribution in [0.15, 0.2) is 24.3 Å². The summed E-state index contributed by atoms with van der Waals surface area (Å²) in [5.41, 5.74) is 0.990. The number of rotatable bonds is 3. The maximum absolute atomic E-state index is 11.7. The summed E-state index contributed by atoms with van der Waals surface area (Å²) in [5.74, 6) is -1.08. The molecule has 18 heavy (non-hydrogen) atoms. The molecule has 2 amide bonds. The number of carbonyl (C=O) groups excluding carboxylic acids is 1. The summed E-state index contributed by atoms with van der Waals surface area (Å²) >= 11 is 0. The van der Waals surface area contributed by atoms with E-state index >= 15 is 0 Å². The van der Waals surface area contributed by atoms with Gasteiger partial charge in [0.2, 0.25) is 0 Å². The number of aliphatic carboxylic acids is 1. The molecule has 94 valence electrons. The van der Waals surface area contributed by atoms with Crippen LogP contribution in [0, 0.1) is 11.3 Å². The molecule has 2 N–H and O–H groups in total. The van der Waals surface area contributed by atoms with E-state index in [0.29, 0.717) is 11.3 Å². The van der Waals surface area contributed by atoms with Crippen molar-refractivity contribution in [3.05, 3.63) is 29.8 Å². The van der Waals surface area contributed by atoms with Gasteiger partial charge in [0.25, 0.3) is 0 Å². The second-order valence-corrected chi connectivity index (χ2v) is 3.74. The van der Waals surface area contributed by atoms with Crippen LogP contribution >= 0.6 is 0 Å². The number of carbonyl (C=O) groups is 2. The van der Waals surface area contributed by atoms with Gasteiger partial charge in [0.05, 0.1) is 11.6 Å². The van der Waals surface area contributed by atoms with Crippen LogP contribution in [0.3, 0.4) is 0 Å². The van der Waals surface area contributed by atoms with Crippen molar-refractivity contribution in [3.8, 4) is 6.07 Å². The van der Waals surface area contributed by atoms with Crippen molar-refractivity contribution in [2.45, 2.75) is 13.0 Å². The van der Waals surface area contributed by atoms with Crippen molar-refractivity contribution in [1.82, 2.24) is 4.90 Å². The first-order valence-corrected chi connectivity index (χ1v) is 5.22. The van der Waals surface area contributed by atoms with E-state index in [1.54, 1.807) is 24.3 Å². The van der Waals surface area contributed by atoms with Crippen molar-refractivity contribution in [2.75, 3.05) is 12.4 Å². The number of urea groups is 1. The number of likely N-dealkylation sites (N-methyl/N-ethyl adjacent to an activating group) is 1. The highest BCUT2D eigenvalue weighted by atomic mass is 16.4. The third kappa shape index (κ3) is 3.22. The van der Waals surface area contributed by atoms with Gasteiger partial charge < -0.3 is 15.3 Å². The number of hydrogen-bond donors (Lipinski definition) is 2. The number of nitrogens with zero attached hydrogens (tertiary/aromatic N) is 2. The minimum Gasteiger partial charge on any atom is -0.480 e. The molecule has 0 saturated heterocycles. The number of hydrogen-bond acceptors (Lipinski definition) is 3. The number of benzene rings is 1. The molecule has 0 aromatic heterocycles. The van der Waals surface area contributed by atoms with Crippen LogP contribution < -0.4 is 5.32 Å². The molecule has 1 unspecified atom stereocenters. The Balaban J connectivity index is 2.69. The Morgan fingerprint density at radius 2 is 1.94 bits per heavy atom. The van der Waals surface area contributed by atoms with Gasteiger partial charge in [-0.1, -0.05) is 0 Å². The highest BCUT2D eigenvalue weighted by molar-refractivity contribution is 5.92. The molecule has 1 atom stereocenters. The Morgan fingerprint density at radius 1 is 1.39 bits per heavy atom. The van der Waals surface area contributed by atoms with Crippen molar-refractivity contribution in [3.63, 3.8) is 0 Å². The zero-order chi connectivity index (χ0) is 13.7. The van der Waals surface area contributed by atoms with Crippen LogP contribution in [0.4, 0.5) is 10.5 Å². The molecular weight excluding hydrogens is 234 g/mol. The SMILES string of the molecule is CC(C(=O)O)N(C)C(=O)Nc1ccc(C#N)cc1. The van der Waals surface area contributed by atoms with Gasteiger partial charge in [0.1, 0.15) is 6.04 Å². The summed E-state index contributed by atoms with van der Waals surface area (Å²) in [5, 5.41) is 19.9. The highest BCUT2D eigenvalue weighted by Gasteiger charge is 2.21. The van der Waals surface area contributed by atoms with Crippen LogP contribution in [0.2, 0.25) is 0 Å². The molecule has 0 aliphatic carbocycles. The quantitative estimate of drug-likeness (QED) is 0.846. The molecule has 0 aliphatic heterocycles. The van der Waals surface area contributed by atoms with E-state index in [1.807, 2.05) is 6.07 Å². The molecule has 1 aromatic carbocycles. The molecule has 1 rings (SSSR count). The first-order valence-electron chi connectivity index (χ1n) is 5.22. The van der Waals surface area contributed by atoms with Crippen LogP contribution in [0.5, 0.6) is 0 Å². The molecular formula is C12H13N3O3. The largest absolute Gasteiger partial charge is 0.480 e. The zero-order valence-electron chi connectivity index (χ0n) is 10.0. The second kappa shape index (κ2) is 5.68. The van der Waals surface area contributed by atoms with E-state index in [0.717, 1.165) is 4.90 Å². The average Bonchev–Trinajstić information content (AvgIpc) is 2.37. The number of nitriles is 1. The first-order chi connectivity index (χ1) is 8.45. The van der Waals surface area contributed by atoms with E-state index in [1.165, 1.54) is 14.0 Å². The molecule has 0 saturated carbocycles. The van der Waals surface area contributed by atoms with Crippen molar-refractivity contribution in [2.24, 2.45) is 0 Å². The Kier molecular flexibility index (Phi) is 4.27. The van der Waals surface area contributed by atoms with Crippen LogP contribution in [-0.2, 0) is 4.79 Å². The molecule has 6 nitrogen and oxygen atoms in total. The van der Waals surface area contributed by atoms with E-state index in [-0.39, 0.29) is 0 Å². The fraction of sp³-hybridized carbons (Fsp3) is 0.250. The Bertz CT molecular complexity index is 490. The van der Waals surface area contributed by atoms with Crippen LogP contribution in [0.25, 0.3) is 0 Å². The third-order valence-electron chi connectivity index (χ3n) is 2.52. The average molecular weight is 247 g/mol. The second-order valence-electron chi connectivity index (χ2n) is 3.74. The normalized spacial score (nSPS) is 11.2. The molecule has 6 heteroatoms. The summed E-state index contributed by atoms with van der Waals surface area (Å²) in [7, 11) is 1.40. The molecule has 0 aliphatic rings. The zero-order valence-corrected chi connectivity index (χ0v) is 10.0.